The molecule has 128 valence electrons. The molecule has 2 aliphatic heterocycles. The topological polar surface area (TPSA) is 52.7 Å². The summed E-state index contributed by atoms with van der Waals surface area (Å²) in [5.41, 5.74) is 1.55. The second-order valence-corrected chi connectivity index (χ2v) is 6.68. The number of fused-ring (bicyclic) bond motifs is 1. The molecule has 0 unspecified atom stereocenters. The number of urea groups is 1. The average Bonchev–Trinajstić information content (AvgIpc) is 2.63. The van der Waals surface area contributed by atoms with Gasteiger partial charge in [0.15, 0.2) is 0 Å². The summed E-state index contributed by atoms with van der Waals surface area (Å²) in [6, 6.07) is 19.1. The Balaban J connectivity index is 1.34. The predicted octanol–water partition coefficient (Wildman–Crippen LogP) is 3.07. The molecule has 3 amide bonds. The zero-order chi connectivity index (χ0) is 17.2. The number of amides is 3. The van der Waals surface area contributed by atoms with Crippen molar-refractivity contribution in [1.29, 1.82) is 0 Å². The molecule has 0 saturated carbocycles. The highest BCUT2D eigenvalue weighted by molar-refractivity contribution is 5.94. The maximum Gasteiger partial charge on any atom is 0.322 e. The van der Waals surface area contributed by atoms with Crippen LogP contribution in [0.1, 0.15) is 16.8 Å². The Morgan fingerprint density at radius 2 is 1.60 bits per heavy atom. The molecule has 0 bridgehead atoms. The molecule has 2 aromatic rings. The van der Waals surface area contributed by atoms with Crippen molar-refractivity contribution in [1.82, 2.24) is 9.80 Å². The third-order valence-electron chi connectivity index (χ3n) is 5.12. The quantitative estimate of drug-likeness (QED) is 0.917. The van der Waals surface area contributed by atoms with Crippen LogP contribution in [0.2, 0.25) is 0 Å². The molecule has 2 saturated heterocycles. The maximum absolute atomic E-state index is 12.6. The molecular weight excluding hydrogens is 314 g/mol. The predicted molar refractivity (Wildman–Crippen MR) is 96.4 cm³/mol. The number of piperidine rings is 1. The Morgan fingerprint density at radius 1 is 0.920 bits per heavy atom. The van der Waals surface area contributed by atoms with E-state index in [1.807, 2.05) is 70.5 Å². The van der Waals surface area contributed by atoms with E-state index in [2.05, 4.69) is 5.32 Å². The summed E-state index contributed by atoms with van der Waals surface area (Å²) in [5.74, 6) is 0.467. The number of carbonyl (C=O) groups excluding carboxylic acids is 2. The van der Waals surface area contributed by atoms with Gasteiger partial charge in [-0.15, -0.1) is 0 Å². The van der Waals surface area contributed by atoms with Crippen molar-refractivity contribution in [2.75, 3.05) is 25.0 Å². The van der Waals surface area contributed by atoms with Crippen LogP contribution in [-0.2, 0) is 0 Å². The van der Waals surface area contributed by atoms with E-state index in [1.165, 1.54) is 0 Å². The first-order valence-electron chi connectivity index (χ1n) is 8.69. The van der Waals surface area contributed by atoms with Gasteiger partial charge in [0, 0.05) is 42.8 Å². The van der Waals surface area contributed by atoms with Gasteiger partial charge in [-0.1, -0.05) is 36.4 Å². The summed E-state index contributed by atoms with van der Waals surface area (Å²) in [4.78, 5) is 28.8. The zero-order valence-corrected chi connectivity index (χ0v) is 14.0. The van der Waals surface area contributed by atoms with E-state index >= 15 is 0 Å². The van der Waals surface area contributed by atoms with Gasteiger partial charge in [0.05, 0.1) is 0 Å². The molecule has 0 spiro atoms. The minimum absolute atomic E-state index is 0.0460. The second kappa shape index (κ2) is 6.59. The van der Waals surface area contributed by atoms with Gasteiger partial charge in [0.2, 0.25) is 0 Å². The lowest BCUT2D eigenvalue weighted by Gasteiger charge is -2.53. The van der Waals surface area contributed by atoms with Crippen molar-refractivity contribution in [3.8, 4) is 0 Å². The number of likely N-dealkylation sites (tertiary alicyclic amines) is 2. The Kier molecular flexibility index (Phi) is 4.14. The molecule has 0 aliphatic carbocycles. The molecule has 2 aromatic carbocycles. The molecule has 2 heterocycles. The lowest BCUT2D eigenvalue weighted by molar-refractivity contribution is -0.00564. The fourth-order valence-electron chi connectivity index (χ4n) is 3.76. The van der Waals surface area contributed by atoms with Crippen molar-refractivity contribution >= 4 is 17.6 Å². The number of anilines is 1. The first-order valence-corrected chi connectivity index (χ1v) is 8.69. The summed E-state index contributed by atoms with van der Waals surface area (Å²) in [6.07, 6.45) is 0.839. The first kappa shape index (κ1) is 15.7. The Bertz CT molecular complexity index is 763. The van der Waals surface area contributed by atoms with E-state index in [0.717, 1.165) is 24.2 Å². The summed E-state index contributed by atoms with van der Waals surface area (Å²) < 4.78 is 0. The molecule has 25 heavy (non-hydrogen) atoms. The number of nitrogens with one attached hydrogen (secondary N) is 1. The van der Waals surface area contributed by atoms with Crippen LogP contribution in [0.15, 0.2) is 60.7 Å². The van der Waals surface area contributed by atoms with Gasteiger partial charge in [0.25, 0.3) is 5.91 Å². The highest BCUT2D eigenvalue weighted by Gasteiger charge is 2.45. The van der Waals surface area contributed by atoms with Crippen LogP contribution in [0.5, 0.6) is 0 Å². The van der Waals surface area contributed by atoms with E-state index in [-0.39, 0.29) is 18.0 Å². The van der Waals surface area contributed by atoms with E-state index in [9.17, 15) is 9.59 Å². The molecule has 2 fully saturated rings. The number of rotatable bonds is 2. The number of benzene rings is 2. The molecule has 1 N–H and O–H groups in total. The SMILES string of the molecule is O=C(c1ccccc1)N1CC[C@@H]2[C@H](C1)CN2C(=O)Nc1ccccc1. The van der Waals surface area contributed by atoms with E-state index < -0.39 is 0 Å². The van der Waals surface area contributed by atoms with Gasteiger partial charge in [-0.05, 0) is 30.7 Å². The molecule has 5 nitrogen and oxygen atoms in total. The van der Waals surface area contributed by atoms with Gasteiger partial charge in [-0.25, -0.2) is 4.79 Å². The van der Waals surface area contributed by atoms with Crippen molar-refractivity contribution in [3.05, 3.63) is 66.2 Å². The smallest absolute Gasteiger partial charge is 0.322 e. The maximum atomic E-state index is 12.6. The van der Waals surface area contributed by atoms with Crippen LogP contribution in [-0.4, -0.2) is 47.4 Å². The second-order valence-electron chi connectivity index (χ2n) is 6.68. The van der Waals surface area contributed by atoms with Crippen molar-refractivity contribution in [2.45, 2.75) is 12.5 Å². The summed E-state index contributed by atoms with van der Waals surface area (Å²) >= 11 is 0. The van der Waals surface area contributed by atoms with Crippen molar-refractivity contribution < 1.29 is 9.59 Å². The Hall–Kier alpha value is -2.82. The molecule has 0 aromatic heterocycles. The fourth-order valence-corrected chi connectivity index (χ4v) is 3.76. The summed E-state index contributed by atoms with van der Waals surface area (Å²) in [5, 5.41) is 2.94. The number of hydrogen-bond acceptors (Lipinski definition) is 2. The molecule has 2 atom stereocenters. The molecule has 4 rings (SSSR count). The standard InChI is InChI=1S/C20H21N3O2/c24-19(15-7-3-1-4-8-15)22-12-11-18-16(13-22)14-23(18)20(25)21-17-9-5-2-6-10-17/h1-10,16,18H,11-14H2,(H,21,25)/t16-,18-/m1/s1. The van der Waals surface area contributed by atoms with Crippen molar-refractivity contribution in [3.63, 3.8) is 0 Å². The average molecular weight is 335 g/mol. The minimum atomic E-state index is -0.0460. The van der Waals surface area contributed by atoms with Gasteiger partial charge < -0.3 is 15.1 Å². The lowest BCUT2D eigenvalue weighted by Crippen LogP contribution is -2.66. The van der Waals surface area contributed by atoms with Crippen LogP contribution in [0, 0.1) is 5.92 Å². The fraction of sp³-hybridized carbons (Fsp3) is 0.300. The lowest BCUT2D eigenvalue weighted by atomic mass is 9.82. The Labute approximate surface area is 147 Å². The molecular formula is C20H21N3O2. The van der Waals surface area contributed by atoms with Crippen LogP contribution in [0.3, 0.4) is 0 Å². The third-order valence-corrected chi connectivity index (χ3v) is 5.12. The van der Waals surface area contributed by atoms with Crippen molar-refractivity contribution in [2.24, 2.45) is 5.92 Å². The highest BCUT2D eigenvalue weighted by Crippen LogP contribution is 2.33. The van der Waals surface area contributed by atoms with Gasteiger partial charge in [0.1, 0.15) is 0 Å². The van der Waals surface area contributed by atoms with Crippen LogP contribution < -0.4 is 5.32 Å². The number of para-hydroxylation sites is 1. The van der Waals surface area contributed by atoms with E-state index in [4.69, 9.17) is 0 Å². The monoisotopic (exact) mass is 335 g/mol. The van der Waals surface area contributed by atoms with E-state index in [1.54, 1.807) is 0 Å². The highest BCUT2D eigenvalue weighted by atomic mass is 16.2. The number of hydrogen-bond donors (Lipinski definition) is 1. The Morgan fingerprint density at radius 3 is 2.28 bits per heavy atom. The zero-order valence-electron chi connectivity index (χ0n) is 14.0. The molecule has 2 aliphatic rings. The van der Waals surface area contributed by atoms with Crippen LogP contribution in [0.25, 0.3) is 0 Å². The van der Waals surface area contributed by atoms with Gasteiger partial charge in [-0.3, -0.25) is 4.79 Å². The minimum Gasteiger partial charge on any atom is -0.338 e. The first-order chi connectivity index (χ1) is 12.2. The summed E-state index contributed by atoms with van der Waals surface area (Å²) in [6.45, 7) is 2.14. The number of nitrogens with zero attached hydrogens (tertiary/aromatic N) is 2. The van der Waals surface area contributed by atoms with Gasteiger partial charge in [-0.2, -0.15) is 0 Å². The van der Waals surface area contributed by atoms with Crippen LogP contribution >= 0.6 is 0 Å². The normalized spacial score (nSPS) is 21.9. The van der Waals surface area contributed by atoms with E-state index in [0.29, 0.717) is 19.0 Å². The largest absolute Gasteiger partial charge is 0.338 e. The molecule has 5 heteroatoms. The molecule has 0 radical (unpaired) electrons. The third kappa shape index (κ3) is 3.09. The van der Waals surface area contributed by atoms with Gasteiger partial charge >= 0.3 is 6.03 Å². The number of carbonyl (C=O) groups is 2. The van der Waals surface area contributed by atoms with Crippen LogP contribution in [0.4, 0.5) is 10.5 Å². The summed E-state index contributed by atoms with van der Waals surface area (Å²) in [7, 11) is 0.